The number of aryl methyl sites for hydroxylation is 1. The fourth-order valence-electron chi connectivity index (χ4n) is 3.35. The van der Waals surface area contributed by atoms with Gasteiger partial charge >= 0.3 is 0 Å². The molecule has 7 heteroatoms. The van der Waals surface area contributed by atoms with Crippen LogP contribution < -0.4 is 5.32 Å². The summed E-state index contributed by atoms with van der Waals surface area (Å²) in [5.74, 6) is 2.15. The fourth-order valence-corrected chi connectivity index (χ4v) is 3.35. The number of halogens is 1. The minimum atomic E-state index is 0. The molecule has 0 aliphatic carbocycles. The van der Waals surface area contributed by atoms with E-state index in [0.717, 1.165) is 43.5 Å². The fraction of sp³-hybridized carbons (Fsp3) is 0.333. The van der Waals surface area contributed by atoms with Gasteiger partial charge < -0.3 is 14.5 Å². The van der Waals surface area contributed by atoms with Gasteiger partial charge in [0.2, 0.25) is 0 Å². The van der Waals surface area contributed by atoms with E-state index in [2.05, 4.69) is 60.6 Å². The smallest absolute Gasteiger partial charge is 0.127 e. The van der Waals surface area contributed by atoms with Crippen LogP contribution in [0.15, 0.2) is 55.1 Å². The molecule has 1 aliphatic rings. The topological polar surface area (TPSA) is 50.9 Å². The zero-order valence-electron chi connectivity index (χ0n) is 14.2. The summed E-state index contributed by atoms with van der Waals surface area (Å²) in [6.45, 7) is 3.70. The summed E-state index contributed by atoms with van der Waals surface area (Å²) >= 11 is 0. The standard InChI is InChI=1S/C18H22N6.ClH/c1-22-10-8-21-18(22)16-13-19-7-11-23(16)14-17-20-9-12-24(17)15-5-3-2-4-6-15;/h2-6,8-10,12,16,19H,7,11,13-14H2,1H3;1H. The third kappa shape index (κ3) is 3.61. The molecular weight excluding hydrogens is 336 g/mol. The molecule has 1 aromatic carbocycles. The van der Waals surface area contributed by atoms with Crippen molar-refractivity contribution in [2.24, 2.45) is 7.05 Å². The second-order valence-corrected chi connectivity index (χ2v) is 6.14. The summed E-state index contributed by atoms with van der Waals surface area (Å²) in [6.07, 6.45) is 7.78. The minimum absolute atomic E-state index is 0. The highest BCUT2D eigenvalue weighted by Crippen LogP contribution is 2.23. The average molecular weight is 359 g/mol. The molecule has 0 radical (unpaired) electrons. The third-order valence-electron chi connectivity index (χ3n) is 4.61. The Hall–Kier alpha value is -2.15. The molecule has 1 N–H and O–H groups in total. The predicted octanol–water partition coefficient (Wildman–Crippen LogP) is 2.17. The Morgan fingerprint density at radius 3 is 2.68 bits per heavy atom. The molecule has 1 aliphatic heterocycles. The lowest BCUT2D eigenvalue weighted by atomic mass is 10.1. The number of para-hydroxylation sites is 1. The monoisotopic (exact) mass is 358 g/mol. The zero-order chi connectivity index (χ0) is 16.4. The molecule has 1 saturated heterocycles. The van der Waals surface area contributed by atoms with Gasteiger partial charge in [-0.3, -0.25) is 4.90 Å². The second kappa shape index (κ2) is 7.82. The first kappa shape index (κ1) is 17.7. The molecule has 0 bridgehead atoms. The first-order chi connectivity index (χ1) is 11.8. The van der Waals surface area contributed by atoms with Gasteiger partial charge in [-0.05, 0) is 12.1 Å². The van der Waals surface area contributed by atoms with Crippen LogP contribution in [0.25, 0.3) is 5.69 Å². The quantitative estimate of drug-likeness (QED) is 0.776. The second-order valence-electron chi connectivity index (χ2n) is 6.14. The third-order valence-corrected chi connectivity index (χ3v) is 4.61. The Bertz CT molecular complexity index is 797. The van der Waals surface area contributed by atoms with Crippen molar-refractivity contribution in [1.29, 1.82) is 0 Å². The van der Waals surface area contributed by atoms with Crippen molar-refractivity contribution in [1.82, 2.24) is 29.3 Å². The first-order valence-corrected chi connectivity index (χ1v) is 8.32. The average Bonchev–Trinajstić information content (AvgIpc) is 3.25. The highest BCUT2D eigenvalue weighted by molar-refractivity contribution is 5.85. The van der Waals surface area contributed by atoms with Crippen molar-refractivity contribution in [3.63, 3.8) is 0 Å². The molecule has 0 amide bonds. The Kier molecular flexibility index (Phi) is 5.53. The van der Waals surface area contributed by atoms with Crippen LogP contribution in [-0.2, 0) is 13.6 Å². The van der Waals surface area contributed by atoms with E-state index >= 15 is 0 Å². The highest BCUT2D eigenvalue weighted by Gasteiger charge is 2.27. The normalized spacial score (nSPS) is 18.0. The lowest BCUT2D eigenvalue weighted by molar-refractivity contribution is 0.140. The first-order valence-electron chi connectivity index (χ1n) is 8.32. The SMILES string of the molecule is Cl.Cn1ccnc1C1CNCCN1Cc1nccn1-c1ccccc1. The van der Waals surface area contributed by atoms with Crippen LogP contribution in [-0.4, -0.2) is 43.6 Å². The van der Waals surface area contributed by atoms with Gasteiger partial charge in [-0.15, -0.1) is 12.4 Å². The molecule has 4 rings (SSSR count). The molecule has 1 fully saturated rings. The summed E-state index contributed by atoms with van der Waals surface area (Å²) in [7, 11) is 2.06. The molecular formula is C18H23ClN6. The highest BCUT2D eigenvalue weighted by atomic mass is 35.5. The van der Waals surface area contributed by atoms with Crippen LogP contribution in [0.2, 0.25) is 0 Å². The summed E-state index contributed by atoms with van der Waals surface area (Å²) < 4.78 is 4.27. The van der Waals surface area contributed by atoms with Crippen LogP contribution in [0.1, 0.15) is 17.7 Å². The molecule has 0 spiro atoms. The number of nitrogens with zero attached hydrogens (tertiary/aromatic N) is 5. The molecule has 132 valence electrons. The number of nitrogens with one attached hydrogen (secondary N) is 1. The lowest BCUT2D eigenvalue weighted by Gasteiger charge is -2.35. The largest absolute Gasteiger partial charge is 0.337 e. The molecule has 3 heterocycles. The predicted molar refractivity (Wildman–Crippen MR) is 100 cm³/mol. The molecule has 0 saturated carbocycles. The van der Waals surface area contributed by atoms with Crippen LogP contribution in [0.5, 0.6) is 0 Å². The Labute approximate surface area is 153 Å². The maximum absolute atomic E-state index is 4.60. The van der Waals surface area contributed by atoms with Crippen LogP contribution in [0, 0.1) is 0 Å². The molecule has 2 aromatic heterocycles. The van der Waals surface area contributed by atoms with Gasteiger partial charge in [0.1, 0.15) is 11.6 Å². The molecule has 25 heavy (non-hydrogen) atoms. The van der Waals surface area contributed by atoms with Gasteiger partial charge in [0.15, 0.2) is 0 Å². The molecule has 6 nitrogen and oxygen atoms in total. The van der Waals surface area contributed by atoms with Crippen LogP contribution >= 0.6 is 12.4 Å². The van der Waals surface area contributed by atoms with Crippen LogP contribution in [0.3, 0.4) is 0 Å². The van der Waals surface area contributed by atoms with Gasteiger partial charge in [0, 0.05) is 57.2 Å². The molecule has 3 aromatic rings. The number of rotatable bonds is 4. The van der Waals surface area contributed by atoms with Gasteiger partial charge in [-0.25, -0.2) is 9.97 Å². The number of piperazine rings is 1. The van der Waals surface area contributed by atoms with Crippen molar-refractivity contribution < 1.29 is 0 Å². The van der Waals surface area contributed by atoms with E-state index in [1.54, 1.807) is 0 Å². The van der Waals surface area contributed by atoms with Crippen molar-refractivity contribution in [3.8, 4) is 5.69 Å². The minimum Gasteiger partial charge on any atom is -0.337 e. The number of benzene rings is 1. The summed E-state index contributed by atoms with van der Waals surface area (Å²) in [5.41, 5.74) is 1.15. The van der Waals surface area contributed by atoms with E-state index in [1.807, 2.05) is 30.9 Å². The summed E-state index contributed by atoms with van der Waals surface area (Å²) in [6, 6.07) is 10.6. The van der Waals surface area contributed by atoms with Crippen LogP contribution in [0.4, 0.5) is 0 Å². The van der Waals surface area contributed by atoms with E-state index in [0.29, 0.717) is 0 Å². The Morgan fingerprint density at radius 2 is 1.92 bits per heavy atom. The maximum Gasteiger partial charge on any atom is 0.127 e. The van der Waals surface area contributed by atoms with Gasteiger partial charge in [-0.1, -0.05) is 18.2 Å². The van der Waals surface area contributed by atoms with Gasteiger partial charge in [0.25, 0.3) is 0 Å². The maximum atomic E-state index is 4.60. The Morgan fingerprint density at radius 1 is 1.12 bits per heavy atom. The number of hydrogen-bond donors (Lipinski definition) is 1. The van der Waals surface area contributed by atoms with Gasteiger partial charge in [0.05, 0.1) is 12.6 Å². The van der Waals surface area contributed by atoms with E-state index in [9.17, 15) is 0 Å². The van der Waals surface area contributed by atoms with Crippen molar-refractivity contribution in [2.45, 2.75) is 12.6 Å². The van der Waals surface area contributed by atoms with E-state index < -0.39 is 0 Å². The zero-order valence-corrected chi connectivity index (χ0v) is 15.1. The van der Waals surface area contributed by atoms with Crippen molar-refractivity contribution in [2.75, 3.05) is 19.6 Å². The molecule has 1 atom stereocenters. The van der Waals surface area contributed by atoms with E-state index in [4.69, 9.17) is 0 Å². The number of hydrogen-bond acceptors (Lipinski definition) is 4. The lowest BCUT2D eigenvalue weighted by Crippen LogP contribution is -2.46. The number of imidazole rings is 2. The molecule has 1 unspecified atom stereocenters. The Balaban J connectivity index is 0.00000182. The van der Waals surface area contributed by atoms with E-state index in [-0.39, 0.29) is 18.4 Å². The number of aromatic nitrogens is 4. The van der Waals surface area contributed by atoms with Crippen molar-refractivity contribution in [3.05, 3.63) is 66.8 Å². The van der Waals surface area contributed by atoms with E-state index in [1.165, 1.54) is 0 Å². The summed E-state index contributed by atoms with van der Waals surface area (Å²) in [4.78, 5) is 11.6. The summed E-state index contributed by atoms with van der Waals surface area (Å²) in [5, 5.41) is 3.48. The van der Waals surface area contributed by atoms with Crippen molar-refractivity contribution >= 4 is 12.4 Å². The van der Waals surface area contributed by atoms with Gasteiger partial charge in [-0.2, -0.15) is 0 Å².